The van der Waals surface area contributed by atoms with Gasteiger partial charge in [-0.1, -0.05) is 51.1 Å². The smallest absolute Gasteiger partial charge is 0.264 e. The average molecular weight is 570 g/mol. The van der Waals surface area contributed by atoms with Crippen LogP contribution in [0.15, 0.2) is 83.8 Å². The number of ether oxygens (including phenoxy) is 1. The molecule has 0 aliphatic carbocycles. The van der Waals surface area contributed by atoms with E-state index >= 15 is 0 Å². The van der Waals surface area contributed by atoms with Crippen LogP contribution in [0.4, 0.5) is 10.1 Å². The van der Waals surface area contributed by atoms with Crippen molar-refractivity contribution in [3.63, 3.8) is 0 Å². The Kier molecular flexibility index (Phi) is 10.7. The molecule has 40 heavy (non-hydrogen) atoms. The number of rotatable bonds is 13. The molecule has 214 valence electrons. The monoisotopic (exact) mass is 569 g/mol. The Labute approximate surface area is 235 Å². The summed E-state index contributed by atoms with van der Waals surface area (Å²) in [5.41, 5.74) is 0.833. The van der Waals surface area contributed by atoms with Gasteiger partial charge in [-0.15, -0.1) is 0 Å². The molecule has 3 aromatic rings. The van der Waals surface area contributed by atoms with Crippen molar-refractivity contribution in [1.82, 2.24) is 10.2 Å². The lowest BCUT2D eigenvalue weighted by Gasteiger charge is -2.33. The van der Waals surface area contributed by atoms with Gasteiger partial charge in [0.05, 0.1) is 17.7 Å². The quantitative estimate of drug-likeness (QED) is 0.324. The molecule has 1 N–H and O–H groups in total. The normalized spacial score (nSPS) is 12.1. The minimum Gasteiger partial charge on any atom is -0.497 e. The molecule has 3 aromatic carbocycles. The van der Waals surface area contributed by atoms with Crippen LogP contribution in [0.3, 0.4) is 0 Å². The zero-order chi connectivity index (χ0) is 29.3. The van der Waals surface area contributed by atoms with E-state index in [1.807, 2.05) is 13.8 Å². The first-order chi connectivity index (χ1) is 19.1. The van der Waals surface area contributed by atoms with Crippen molar-refractivity contribution >= 4 is 27.5 Å². The first-order valence-corrected chi connectivity index (χ1v) is 14.5. The molecule has 0 aromatic heterocycles. The van der Waals surface area contributed by atoms with Gasteiger partial charge in [0.2, 0.25) is 11.8 Å². The van der Waals surface area contributed by atoms with E-state index in [-0.39, 0.29) is 29.0 Å². The highest BCUT2D eigenvalue weighted by molar-refractivity contribution is 7.92. The van der Waals surface area contributed by atoms with Crippen LogP contribution in [0.2, 0.25) is 0 Å². The SMILES string of the molecule is CC[C@H](C(=O)NCC(C)C)N(Cc1cccc(OC)c1)C(=O)CN(c1ccc(F)cc1)S(=O)(=O)c1ccccc1. The molecular weight excluding hydrogens is 533 g/mol. The summed E-state index contributed by atoms with van der Waals surface area (Å²) in [6.45, 7) is 5.61. The number of benzene rings is 3. The Morgan fingerprint density at radius 1 is 0.975 bits per heavy atom. The first-order valence-electron chi connectivity index (χ1n) is 13.1. The molecule has 0 aliphatic rings. The highest BCUT2D eigenvalue weighted by Crippen LogP contribution is 2.25. The number of hydrogen-bond donors (Lipinski definition) is 1. The maximum absolute atomic E-state index is 14.0. The predicted molar refractivity (Wildman–Crippen MR) is 153 cm³/mol. The third kappa shape index (κ3) is 7.81. The molecule has 0 saturated carbocycles. The maximum Gasteiger partial charge on any atom is 0.264 e. The molecule has 0 heterocycles. The van der Waals surface area contributed by atoms with Crippen molar-refractivity contribution in [1.29, 1.82) is 0 Å². The number of methoxy groups -OCH3 is 1. The van der Waals surface area contributed by atoms with E-state index in [1.54, 1.807) is 49.4 Å². The molecular formula is C30H36FN3O5S. The minimum absolute atomic E-state index is 0.0202. The minimum atomic E-state index is -4.21. The number of nitrogens with one attached hydrogen (secondary N) is 1. The fraction of sp³-hybridized carbons (Fsp3) is 0.333. The van der Waals surface area contributed by atoms with E-state index in [1.165, 1.54) is 36.3 Å². The molecule has 3 rings (SSSR count). The first kappa shape index (κ1) is 30.6. The number of anilines is 1. The summed E-state index contributed by atoms with van der Waals surface area (Å²) in [5.74, 6) is -0.666. The molecule has 0 spiro atoms. The van der Waals surface area contributed by atoms with E-state index in [0.717, 1.165) is 16.4 Å². The number of amides is 2. The molecule has 0 unspecified atom stereocenters. The number of nitrogens with zero attached hydrogens (tertiary/aromatic N) is 2. The molecule has 2 amide bonds. The van der Waals surface area contributed by atoms with Gasteiger partial charge >= 0.3 is 0 Å². The Hall–Kier alpha value is -3.92. The van der Waals surface area contributed by atoms with Crippen molar-refractivity contribution in [2.45, 2.75) is 44.7 Å². The van der Waals surface area contributed by atoms with E-state index < -0.39 is 34.3 Å². The molecule has 0 aliphatic heterocycles. The van der Waals surface area contributed by atoms with Crippen LogP contribution in [-0.2, 0) is 26.2 Å². The molecule has 0 fully saturated rings. The molecule has 10 heteroatoms. The fourth-order valence-corrected chi connectivity index (χ4v) is 5.60. The Morgan fingerprint density at radius 2 is 1.65 bits per heavy atom. The largest absolute Gasteiger partial charge is 0.497 e. The summed E-state index contributed by atoms with van der Waals surface area (Å²) in [5, 5.41) is 2.89. The molecule has 1 atom stereocenters. The van der Waals surface area contributed by atoms with Crippen LogP contribution >= 0.6 is 0 Å². The van der Waals surface area contributed by atoms with Crippen LogP contribution in [0.1, 0.15) is 32.8 Å². The van der Waals surface area contributed by atoms with Crippen LogP contribution in [0.5, 0.6) is 5.75 Å². The van der Waals surface area contributed by atoms with Crippen LogP contribution in [0, 0.1) is 11.7 Å². The number of hydrogen-bond acceptors (Lipinski definition) is 5. The summed E-state index contributed by atoms with van der Waals surface area (Å²) >= 11 is 0. The zero-order valence-corrected chi connectivity index (χ0v) is 24.0. The number of halogens is 1. The van der Waals surface area contributed by atoms with Crippen molar-refractivity contribution in [3.05, 3.63) is 90.2 Å². The van der Waals surface area contributed by atoms with E-state index in [9.17, 15) is 22.4 Å². The van der Waals surface area contributed by atoms with Gasteiger partial charge in [-0.3, -0.25) is 13.9 Å². The molecule has 0 saturated heterocycles. The maximum atomic E-state index is 14.0. The van der Waals surface area contributed by atoms with Gasteiger partial charge in [-0.05, 0) is 66.4 Å². The van der Waals surface area contributed by atoms with Crippen molar-refractivity contribution in [3.8, 4) is 5.75 Å². The van der Waals surface area contributed by atoms with Gasteiger partial charge in [0.25, 0.3) is 10.0 Å². The van der Waals surface area contributed by atoms with Crippen LogP contribution in [-0.4, -0.2) is 51.4 Å². The predicted octanol–water partition coefficient (Wildman–Crippen LogP) is 4.61. The third-order valence-corrected chi connectivity index (χ3v) is 8.07. The van der Waals surface area contributed by atoms with Gasteiger partial charge in [0, 0.05) is 13.1 Å². The van der Waals surface area contributed by atoms with Gasteiger partial charge in [-0.2, -0.15) is 0 Å². The highest BCUT2D eigenvalue weighted by atomic mass is 32.2. The summed E-state index contributed by atoms with van der Waals surface area (Å²) in [7, 11) is -2.68. The molecule has 8 nitrogen and oxygen atoms in total. The topological polar surface area (TPSA) is 96.0 Å². The van der Waals surface area contributed by atoms with E-state index in [0.29, 0.717) is 24.3 Å². The van der Waals surface area contributed by atoms with Gasteiger partial charge in [0.15, 0.2) is 0 Å². The van der Waals surface area contributed by atoms with E-state index in [2.05, 4.69) is 5.32 Å². The second kappa shape index (κ2) is 13.9. The summed E-state index contributed by atoms with van der Waals surface area (Å²) in [6.07, 6.45) is 0.307. The fourth-order valence-electron chi connectivity index (χ4n) is 4.17. The van der Waals surface area contributed by atoms with Gasteiger partial charge in [0.1, 0.15) is 24.2 Å². The Morgan fingerprint density at radius 3 is 2.25 bits per heavy atom. The summed E-state index contributed by atoms with van der Waals surface area (Å²) < 4.78 is 47.5. The number of carbonyl (C=O) groups is 2. The Balaban J connectivity index is 2.04. The zero-order valence-electron chi connectivity index (χ0n) is 23.2. The lowest BCUT2D eigenvalue weighted by Crippen LogP contribution is -2.52. The van der Waals surface area contributed by atoms with Crippen molar-refractivity contribution in [2.75, 3.05) is 24.5 Å². The third-order valence-electron chi connectivity index (χ3n) is 6.28. The second-order valence-corrected chi connectivity index (χ2v) is 11.6. The van der Waals surface area contributed by atoms with E-state index in [4.69, 9.17) is 4.74 Å². The highest BCUT2D eigenvalue weighted by Gasteiger charge is 2.33. The van der Waals surface area contributed by atoms with Gasteiger partial charge in [-0.25, -0.2) is 12.8 Å². The Bertz CT molecular complexity index is 1380. The lowest BCUT2D eigenvalue weighted by molar-refractivity contribution is -0.140. The van der Waals surface area contributed by atoms with Crippen LogP contribution < -0.4 is 14.4 Å². The summed E-state index contributed by atoms with van der Waals surface area (Å²) in [6, 6.07) is 18.9. The second-order valence-electron chi connectivity index (χ2n) is 9.74. The number of sulfonamides is 1. The lowest BCUT2D eigenvalue weighted by atomic mass is 10.1. The number of carbonyl (C=O) groups excluding carboxylic acids is 2. The van der Waals surface area contributed by atoms with Crippen LogP contribution in [0.25, 0.3) is 0 Å². The average Bonchev–Trinajstić information content (AvgIpc) is 2.95. The summed E-state index contributed by atoms with van der Waals surface area (Å²) in [4.78, 5) is 28.6. The van der Waals surface area contributed by atoms with Crippen molar-refractivity contribution in [2.24, 2.45) is 5.92 Å². The van der Waals surface area contributed by atoms with Crippen molar-refractivity contribution < 1.29 is 27.1 Å². The molecule has 0 bridgehead atoms. The standard InChI is InChI=1S/C30H36FN3O5S/c1-5-28(30(36)32-19-22(2)3)33(20-23-10-9-11-26(18-23)39-4)29(35)21-34(25-16-14-24(31)15-17-25)40(37,38)27-12-7-6-8-13-27/h6-18,22,28H,5,19-21H2,1-4H3,(H,32,36)/t28-/m1/s1. The van der Waals surface area contributed by atoms with Gasteiger partial charge < -0.3 is 15.0 Å². The molecule has 0 radical (unpaired) electrons.